The maximum Gasteiger partial charge on any atom is 0.249 e. The van der Waals surface area contributed by atoms with Gasteiger partial charge in [-0.05, 0) is 53.4 Å². The van der Waals surface area contributed by atoms with E-state index in [0.717, 1.165) is 18.4 Å². The van der Waals surface area contributed by atoms with Gasteiger partial charge in [-0.15, -0.1) is 10.2 Å². The van der Waals surface area contributed by atoms with Crippen LogP contribution < -0.4 is 0 Å². The third kappa shape index (κ3) is 3.86. The van der Waals surface area contributed by atoms with E-state index in [1.54, 1.807) is 28.4 Å². The second-order valence-electron chi connectivity index (χ2n) is 6.07. The van der Waals surface area contributed by atoms with Crippen LogP contribution in [-0.4, -0.2) is 27.0 Å². The van der Waals surface area contributed by atoms with Crippen molar-refractivity contribution in [3.63, 3.8) is 0 Å². The molecule has 1 saturated carbocycles. The van der Waals surface area contributed by atoms with Crippen LogP contribution in [0.3, 0.4) is 0 Å². The number of carbonyl (C=O) groups excluding carboxylic acids is 1. The topological polar surface area (TPSA) is 59.2 Å². The lowest BCUT2D eigenvalue weighted by atomic mass is 10.2. The van der Waals surface area contributed by atoms with Gasteiger partial charge in [-0.2, -0.15) is 11.3 Å². The molecule has 0 atom stereocenters. The molecule has 1 aromatic carbocycles. The van der Waals surface area contributed by atoms with Gasteiger partial charge in [0.1, 0.15) is 0 Å². The number of amides is 1. The molecular weight excluding hydrogens is 370 g/mol. The SMILES string of the molecule is O=C(/C=C/c1ccsc1)N(Cc1nnc(-c2ccccc2Cl)o1)C1CC1. The molecule has 1 fully saturated rings. The van der Waals surface area contributed by atoms with Gasteiger partial charge in [0.05, 0.1) is 17.1 Å². The van der Waals surface area contributed by atoms with Crippen LogP contribution in [0.5, 0.6) is 0 Å². The summed E-state index contributed by atoms with van der Waals surface area (Å²) in [6, 6.07) is 9.52. The Kier molecular flexibility index (Phi) is 4.86. The van der Waals surface area contributed by atoms with Crippen LogP contribution in [0.1, 0.15) is 24.3 Å². The molecule has 0 N–H and O–H groups in total. The predicted octanol–water partition coefficient (Wildman–Crippen LogP) is 4.66. The molecule has 0 saturated heterocycles. The average molecular weight is 386 g/mol. The molecule has 2 aromatic heterocycles. The summed E-state index contributed by atoms with van der Waals surface area (Å²) in [5.41, 5.74) is 1.72. The molecule has 0 unspecified atom stereocenters. The monoisotopic (exact) mass is 385 g/mol. The Hall–Kier alpha value is -2.44. The number of benzene rings is 1. The van der Waals surface area contributed by atoms with Gasteiger partial charge in [-0.1, -0.05) is 23.7 Å². The van der Waals surface area contributed by atoms with Gasteiger partial charge in [0.15, 0.2) is 0 Å². The molecule has 0 spiro atoms. The van der Waals surface area contributed by atoms with Crippen LogP contribution in [0, 0.1) is 0 Å². The van der Waals surface area contributed by atoms with Crippen LogP contribution in [0.15, 0.2) is 51.6 Å². The lowest BCUT2D eigenvalue weighted by Gasteiger charge is -2.18. The minimum atomic E-state index is -0.0452. The Morgan fingerprint density at radius 3 is 2.88 bits per heavy atom. The lowest BCUT2D eigenvalue weighted by molar-refractivity contribution is -0.127. The molecule has 1 aliphatic carbocycles. The van der Waals surface area contributed by atoms with Crippen molar-refractivity contribution >= 4 is 34.9 Å². The summed E-state index contributed by atoms with van der Waals surface area (Å²) in [5, 5.41) is 12.7. The van der Waals surface area contributed by atoms with Gasteiger partial charge in [0.2, 0.25) is 17.7 Å². The zero-order chi connectivity index (χ0) is 17.9. The van der Waals surface area contributed by atoms with Crippen molar-refractivity contribution in [3.8, 4) is 11.5 Å². The first-order valence-corrected chi connectivity index (χ1v) is 9.61. The van der Waals surface area contributed by atoms with Gasteiger partial charge in [-0.3, -0.25) is 4.79 Å². The third-order valence-corrected chi connectivity index (χ3v) is 5.14. The summed E-state index contributed by atoms with van der Waals surface area (Å²) in [6.45, 7) is 0.301. The number of thiophene rings is 1. The number of hydrogen-bond acceptors (Lipinski definition) is 5. The minimum Gasteiger partial charge on any atom is -0.419 e. The molecule has 2 heterocycles. The van der Waals surface area contributed by atoms with E-state index in [9.17, 15) is 4.79 Å². The Bertz CT molecular complexity index is 932. The summed E-state index contributed by atoms with van der Waals surface area (Å²) in [4.78, 5) is 14.4. The van der Waals surface area contributed by atoms with E-state index in [2.05, 4.69) is 10.2 Å². The van der Waals surface area contributed by atoms with Crippen molar-refractivity contribution in [3.05, 3.63) is 63.6 Å². The van der Waals surface area contributed by atoms with Crippen LogP contribution in [-0.2, 0) is 11.3 Å². The number of hydrogen-bond donors (Lipinski definition) is 0. The van der Waals surface area contributed by atoms with Crippen molar-refractivity contribution in [1.29, 1.82) is 0 Å². The third-order valence-electron chi connectivity index (χ3n) is 4.11. The Morgan fingerprint density at radius 1 is 1.31 bits per heavy atom. The predicted molar refractivity (Wildman–Crippen MR) is 102 cm³/mol. The number of halogens is 1. The van der Waals surface area contributed by atoms with Gasteiger partial charge in [0, 0.05) is 12.1 Å². The zero-order valence-electron chi connectivity index (χ0n) is 13.8. The van der Waals surface area contributed by atoms with E-state index < -0.39 is 0 Å². The standard InChI is InChI=1S/C19H16ClN3O2S/c20-16-4-2-1-3-15(16)19-22-21-17(25-19)11-23(14-6-7-14)18(24)8-5-13-9-10-26-12-13/h1-5,8-10,12,14H,6-7,11H2/b8-5+. The molecule has 132 valence electrons. The fraction of sp³-hybridized carbons (Fsp3) is 0.211. The fourth-order valence-corrected chi connectivity index (χ4v) is 3.46. The van der Waals surface area contributed by atoms with Gasteiger partial charge >= 0.3 is 0 Å². The quantitative estimate of drug-likeness (QED) is 0.579. The van der Waals surface area contributed by atoms with Crippen molar-refractivity contribution in [1.82, 2.24) is 15.1 Å². The van der Waals surface area contributed by atoms with Crippen molar-refractivity contribution < 1.29 is 9.21 Å². The average Bonchev–Trinajstić information content (AvgIpc) is 3.16. The minimum absolute atomic E-state index is 0.0452. The van der Waals surface area contributed by atoms with Crippen LogP contribution >= 0.6 is 22.9 Å². The molecule has 1 amide bonds. The van der Waals surface area contributed by atoms with E-state index in [0.29, 0.717) is 28.9 Å². The molecule has 1 aliphatic rings. The maximum atomic E-state index is 12.6. The summed E-state index contributed by atoms with van der Waals surface area (Å²) in [7, 11) is 0. The lowest BCUT2D eigenvalue weighted by Crippen LogP contribution is -2.31. The molecule has 3 aromatic rings. The highest BCUT2D eigenvalue weighted by atomic mass is 35.5. The first-order chi connectivity index (χ1) is 12.7. The smallest absolute Gasteiger partial charge is 0.249 e. The molecular formula is C19H16ClN3O2S. The zero-order valence-corrected chi connectivity index (χ0v) is 15.4. The number of nitrogens with zero attached hydrogens (tertiary/aromatic N) is 3. The molecule has 0 aliphatic heterocycles. The Balaban J connectivity index is 1.49. The van der Waals surface area contributed by atoms with Crippen LogP contribution in [0.2, 0.25) is 5.02 Å². The number of rotatable bonds is 6. The summed E-state index contributed by atoms with van der Waals surface area (Å²) >= 11 is 7.78. The maximum absolute atomic E-state index is 12.6. The van der Waals surface area contributed by atoms with Crippen molar-refractivity contribution in [2.24, 2.45) is 0 Å². The number of carbonyl (C=O) groups is 1. The summed E-state index contributed by atoms with van der Waals surface area (Å²) in [6.07, 6.45) is 5.44. The Labute approximate surface area is 159 Å². The van der Waals surface area contributed by atoms with E-state index in [1.165, 1.54) is 0 Å². The highest BCUT2D eigenvalue weighted by Crippen LogP contribution is 2.30. The molecule has 4 rings (SSSR count). The summed E-state index contributed by atoms with van der Waals surface area (Å²) in [5.74, 6) is 0.725. The normalized spacial score (nSPS) is 14.0. The van der Waals surface area contributed by atoms with Crippen LogP contribution in [0.25, 0.3) is 17.5 Å². The van der Waals surface area contributed by atoms with E-state index in [-0.39, 0.29) is 11.9 Å². The Morgan fingerprint density at radius 2 is 2.15 bits per heavy atom. The van der Waals surface area contributed by atoms with E-state index in [1.807, 2.05) is 41.1 Å². The first kappa shape index (κ1) is 17.0. The molecule has 7 heteroatoms. The highest BCUT2D eigenvalue weighted by Gasteiger charge is 2.32. The molecule has 5 nitrogen and oxygen atoms in total. The van der Waals surface area contributed by atoms with E-state index in [4.69, 9.17) is 16.0 Å². The summed E-state index contributed by atoms with van der Waals surface area (Å²) < 4.78 is 5.74. The van der Waals surface area contributed by atoms with Crippen molar-refractivity contribution in [2.45, 2.75) is 25.4 Å². The molecule has 26 heavy (non-hydrogen) atoms. The molecule has 0 radical (unpaired) electrons. The van der Waals surface area contributed by atoms with Crippen molar-refractivity contribution in [2.75, 3.05) is 0 Å². The largest absolute Gasteiger partial charge is 0.419 e. The van der Waals surface area contributed by atoms with E-state index >= 15 is 0 Å². The van der Waals surface area contributed by atoms with Gasteiger partial charge < -0.3 is 9.32 Å². The van der Waals surface area contributed by atoms with Crippen LogP contribution in [0.4, 0.5) is 0 Å². The van der Waals surface area contributed by atoms with Gasteiger partial charge in [0.25, 0.3) is 0 Å². The first-order valence-electron chi connectivity index (χ1n) is 8.29. The second-order valence-corrected chi connectivity index (χ2v) is 7.26. The number of aromatic nitrogens is 2. The highest BCUT2D eigenvalue weighted by molar-refractivity contribution is 7.08. The second kappa shape index (κ2) is 7.43. The fourth-order valence-electron chi connectivity index (χ4n) is 2.61. The molecule has 0 bridgehead atoms. The van der Waals surface area contributed by atoms with Gasteiger partial charge in [-0.25, -0.2) is 0 Å².